The molecule has 4 nitrogen and oxygen atoms in total. The third kappa shape index (κ3) is 15.2. The number of hydrogen-bond acceptors (Lipinski definition) is 4. The summed E-state index contributed by atoms with van der Waals surface area (Å²) in [6, 6.07) is 42.5. The monoisotopic (exact) mass is 897 g/mol. The van der Waals surface area contributed by atoms with Gasteiger partial charge in [-0.05, 0) is 173 Å². The zero-order valence-electron chi connectivity index (χ0n) is 40.6. The van der Waals surface area contributed by atoms with Crippen LogP contribution in [-0.2, 0) is 25.7 Å². The number of unbranched alkanes of at least 4 members (excludes halogenated alkanes) is 6. The predicted molar refractivity (Wildman–Crippen MR) is 277 cm³/mol. The van der Waals surface area contributed by atoms with Crippen molar-refractivity contribution in [3.05, 3.63) is 177 Å². The summed E-state index contributed by atoms with van der Waals surface area (Å²) >= 11 is 0. The lowest BCUT2D eigenvalue weighted by Crippen LogP contribution is -2.11. The van der Waals surface area contributed by atoms with Crippen LogP contribution in [-0.4, -0.2) is 0 Å². The fourth-order valence-corrected chi connectivity index (χ4v) is 11.1. The van der Waals surface area contributed by atoms with E-state index in [4.69, 9.17) is 18.1 Å². The Balaban J connectivity index is 0.000000253. The van der Waals surface area contributed by atoms with E-state index in [1.165, 1.54) is 84.7 Å². The zero-order valence-corrected chi connectivity index (χ0v) is 42.3. The van der Waals surface area contributed by atoms with Crippen molar-refractivity contribution >= 4 is 27.4 Å². The summed E-state index contributed by atoms with van der Waals surface area (Å²) in [7, 11) is -2.59. The molecular weight excluding hydrogens is 823 g/mol. The van der Waals surface area contributed by atoms with E-state index < -0.39 is 16.8 Å². The minimum absolute atomic E-state index is 0.905. The lowest BCUT2D eigenvalue weighted by Gasteiger charge is -2.23. The van der Waals surface area contributed by atoms with Crippen molar-refractivity contribution in [3.63, 3.8) is 0 Å². The Morgan fingerprint density at radius 1 is 0.359 bits per heavy atom. The van der Waals surface area contributed by atoms with E-state index in [9.17, 15) is 0 Å². The maximum absolute atomic E-state index is 6.62. The fraction of sp³-hybridized carbons (Fsp3) is 0.379. The molecule has 0 radical (unpaired) electrons. The van der Waals surface area contributed by atoms with Crippen molar-refractivity contribution < 1.29 is 18.1 Å². The second-order valence-corrected chi connectivity index (χ2v) is 20.0. The van der Waals surface area contributed by atoms with Gasteiger partial charge in [-0.15, -0.1) is 0 Å². The van der Waals surface area contributed by atoms with Gasteiger partial charge in [0.05, 0.1) is 10.6 Å². The van der Waals surface area contributed by atoms with Crippen LogP contribution in [0.4, 0.5) is 0 Å². The minimum atomic E-state index is -1.30. The Kier molecular flexibility index (Phi) is 20.8. The van der Waals surface area contributed by atoms with Crippen molar-refractivity contribution in [3.8, 4) is 23.0 Å². The summed E-state index contributed by atoms with van der Waals surface area (Å²) in [6.45, 7) is 21.6. The lowest BCUT2D eigenvalue weighted by atomic mass is 9.99. The van der Waals surface area contributed by atoms with Crippen molar-refractivity contribution in [1.82, 2.24) is 0 Å². The van der Waals surface area contributed by atoms with Crippen LogP contribution in [0.2, 0.25) is 0 Å². The van der Waals surface area contributed by atoms with Gasteiger partial charge < -0.3 is 18.1 Å². The first-order chi connectivity index (χ1) is 31.0. The lowest BCUT2D eigenvalue weighted by molar-refractivity contribution is 0.493. The van der Waals surface area contributed by atoms with Gasteiger partial charge in [0.2, 0.25) is 0 Å². The SMILES string of the molecule is CCCCCCc1cc(OP(Oc2ccc(CC)c(CCCCCC)c2)c2ccccc2)ccc1CC.Cc1cc(C)c(OP(Oc2c(C)cc(C)cc2C)c2ccccc2)c(C)c1. The summed E-state index contributed by atoms with van der Waals surface area (Å²) in [5.41, 5.74) is 12.7. The van der Waals surface area contributed by atoms with Gasteiger partial charge in [-0.1, -0.05) is 150 Å². The molecule has 0 saturated heterocycles. The van der Waals surface area contributed by atoms with E-state index >= 15 is 0 Å². The number of benzene rings is 6. The maximum atomic E-state index is 6.62. The van der Waals surface area contributed by atoms with Gasteiger partial charge in [-0.25, -0.2) is 0 Å². The molecule has 0 aliphatic heterocycles. The largest absolute Gasteiger partial charge is 0.435 e. The molecule has 0 heterocycles. The highest BCUT2D eigenvalue weighted by Crippen LogP contribution is 2.45. The van der Waals surface area contributed by atoms with Crippen LogP contribution in [0.15, 0.2) is 121 Å². The van der Waals surface area contributed by atoms with Crippen LogP contribution in [0, 0.1) is 41.5 Å². The summed E-state index contributed by atoms with van der Waals surface area (Å²) in [6.07, 6.45) is 14.5. The zero-order chi connectivity index (χ0) is 45.8. The predicted octanol–water partition coefficient (Wildman–Crippen LogP) is 16.8. The van der Waals surface area contributed by atoms with E-state index in [1.54, 1.807) is 0 Å². The third-order valence-electron chi connectivity index (χ3n) is 11.6. The van der Waals surface area contributed by atoms with Crippen LogP contribution >= 0.6 is 16.8 Å². The molecule has 6 heteroatoms. The highest BCUT2D eigenvalue weighted by molar-refractivity contribution is 7.57. The number of rotatable bonds is 22. The standard InChI is InChI=1S/C34H47O2P.C24H27O2P/c1-5-9-11-14-18-30-26-32(24-22-28(30)7-3)35-37(34-20-16-13-17-21-34)36-33-25-23-29(8-4)31(27-33)19-15-12-10-6-2;1-16-12-18(3)23(19(4)13-16)25-27(22-10-8-7-9-11-22)26-24-20(5)14-17(2)15-21(24)6/h13,16-17,20-27H,5-12,14-15,18-19H2,1-4H3;7-15H,1-6H3. The molecule has 0 aliphatic rings. The average Bonchev–Trinajstić information content (AvgIpc) is 3.29. The molecule has 64 heavy (non-hydrogen) atoms. The second-order valence-electron chi connectivity index (χ2n) is 17.2. The smallest absolute Gasteiger partial charge is 0.326 e. The average molecular weight is 897 g/mol. The van der Waals surface area contributed by atoms with Crippen molar-refractivity contribution in [2.75, 3.05) is 0 Å². The molecule has 0 atom stereocenters. The maximum Gasteiger partial charge on any atom is 0.326 e. The van der Waals surface area contributed by atoms with Gasteiger partial charge in [0.1, 0.15) is 23.0 Å². The number of aryl methyl sites for hydroxylation is 10. The van der Waals surface area contributed by atoms with Crippen molar-refractivity contribution in [2.45, 2.75) is 146 Å². The Hall–Kier alpha value is -4.62. The molecule has 6 aromatic rings. The van der Waals surface area contributed by atoms with Gasteiger partial charge in [-0.3, -0.25) is 0 Å². The van der Waals surface area contributed by atoms with Crippen LogP contribution in [0.5, 0.6) is 23.0 Å². The second kappa shape index (κ2) is 26.4. The first-order valence-electron chi connectivity index (χ1n) is 23.8. The molecular formula is C58H74O4P2. The number of hydrogen-bond donors (Lipinski definition) is 0. The van der Waals surface area contributed by atoms with Crippen molar-refractivity contribution in [1.29, 1.82) is 0 Å². The van der Waals surface area contributed by atoms with Crippen molar-refractivity contribution in [2.24, 2.45) is 0 Å². The normalized spacial score (nSPS) is 11.1. The minimum Gasteiger partial charge on any atom is -0.435 e. The Bertz CT molecular complexity index is 2150. The van der Waals surface area contributed by atoms with Crippen LogP contribution in [0.1, 0.15) is 135 Å². The Morgan fingerprint density at radius 3 is 1.06 bits per heavy atom. The molecule has 0 bridgehead atoms. The van der Waals surface area contributed by atoms with E-state index in [1.807, 2.05) is 24.3 Å². The third-order valence-corrected chi connectivity index (χ3v) is 14.5. The first kappa shape index (κ1) is 50.4. The molecule has 0 spiro atoms. The molecule has 6 rings (SSSR count). The van der Waals surface area contributed by atoms with E-state index in [2.05, 4.69) is 166 Å². The van der Waals surface area contributed by atoms with Gasteiger partial charge in [-0.2, -0.15) is 0 Å². The molecule has 0 saturated carbocycles. The van der Waals surface area contributed by atoms with Gasteiger partial charge in [0, 0.05) is 0 Å². The van der Waals surface area contributed by atoms with Gasteiger partial charge in [0.15, 0.2) is 0 Å². The Morgan fingerprint density at radius 2 is 0.719 bits per heavy atom. The topological polar surface area (TPSA) is 36.9 Å². The van der Waals surface area contributed by atoms with Crippen LogP contribution < -0.4 is 28.7 Å². The van der Waals surface area contributed by atoms with Gasteiger partial charge in [0.25, 0.3) is 0 Å². The summed E-state index contributed by atoms with van der Waals surface area (Å²) in [5, 5.41) is 2.15. The highest BCUT2D eigenvalue weighted by atomic mass is 31.2. The van der Waals surface area contributed by atoms with E-state index in [0.717, 1.165) is 81.5 Å². The Labute approximate surface area is 390 Å². The van der Waals surface area contributed by atoms with Crippen LogP contribution in [0.3, 0.4) is 0 Å². The summed E-state index contributed by atoms with van der Waals surface area (Å²) in [4.78, 5) is 0. The van der Waals surface area contributed by atoms with Crippen LogP contribution in [0.25, 0.3) is 0 Å². The molecule has 0 unspecified atom stereocenters. The molecule has 0 aromatic heterocycles. The molecule has 0 fully saturated rings. The highest BCUT2D eigenvalue weighted by Gasteiger charge is 2.23. The van der Waals surface area contributed by atoms with E-state index in [0.29, 0.717) is 0 Å². The summed E-state index contributed by atoms with van der Waals surface area (Å²) in [5.74, 6) is 3.64. The molecule has 340 valence electrons. The molecule has 0 aliphatic carbocycles. The van der Waals surface area contributed by atoms with E-state index in [-0.39, 0.29) is 0 Å². The molecule has 6 aromatic carbocycles. The molecule has 0 N–H and O–H groups in total. The summed E-state index contributed by atoms with van der Waals surface area (Å²) < 4.78 is 26.3. The molecule has 0 amide bonds. The quantitative estimate of drug-likeness (QED) is 0.0503. The fourth-order valence-electron chi connectivity index (χ4n) is 8.28. The first-order valence-corrected chi connectivity index (χ1v) is 26.2. The van der Waals surface area contributed by atoms with Gasteiger partial charge >= 0.3 is 16.8 Å².